The molecule has 0 atom stereocenters. The lowest BCUT2D eigenvalue weighted by Crippen LogP contribution is -1.96. The number of nitrogen functional groups attached to an aromatic ring is 1. The molecule has 21 heavy (non-hydrogen) atoms. The first-order valence-corrected chi connectivity index (χ1v) is 6.88. The smallest absolute Gasteiger partial charge is 0.189 e. The molecule has 0 spiro atoms. The molecule has 0 unspecified atom stereocenters. The summed E-state index contributed by atoms with van der Waals surface area (Å²) >= 11 is 0. The quantitative estimate of drug-likeness (QED) is 0.506. The molecule has 0 aliphatic carbocycles. The molecule has 0 heterocycles. The molecule has 3 nitrogen and oxygen atoms in total. The van der Waals surface area contributed by atoms with E-state index in [2.05, 4.69) is 26.0 Å². The molecule has 0 aliphatic heterocycles. The Bertz CT molecular complexity index is 670. The third kappa shape index (κ3) is 3.72. The van der Waals surface area contributed by atoms with Crippen molar-refractivity contribution < 1.29 is 9.90 Å². The molecule has 2 aromatic rings. The van der Waals surface area contributed by atoms with Crippen molar-refractivity contribution >= 4 is 17.5 Å². The Morgan fingerprint density at radius 1 is 1.14 bits per heavy atom. The van der Waals surface area contributed by atoms with Gasteiger partial charge in [0.2, 0.25) is 0 Å². The van der Waals surface area contributed by atoms with Crippen molar-refractivity contribution in [2.24, 2.45) is 0 Å². The monoisotopic (exact) mass is 281 g/mol. The lowest BCUT2D eigenvalue weighted by Gasteiger charge is -2.04. The van der Waals surface area contributed by atoms with Crippen LogP contribution in [-0.4, -0.2) is 10.9 Å². The zero-order valence-corrected chi connectivity index (χ0v) is 12.2. The van der Waals surface area contributed by atoms with Crippen LogP contribution in [0.1, 0.15) is 41.3 Å². The van der Waals surface area contributed by atoms with E-state index in [-0.39, 0.29) is 17.1 Å². The highest BCUT2D eigenvalue weighted by Crippen LogP contribution is 2.21. The standard InChI is InChI=1S/C18H19NO2/c1-12(2)14-6-3-13(4-7-14)5-10-17(20)16-9-8-15(19)11-18(16)21/h3-12,21H,19H2,1-2H3/b10-5+. The molecule has 3 heteroatoms. The molecular weight excluding hydrogens is 262 g/mol. The van der Waals surface area contributed by atoms with E-state index >= 15 is 0 Å². The second-order valence-electron chi connectivity index (χ2n) is 5.30. The Hall–Kier alpha value is -2.55. The van der Waals surface area contributed by atoms with E-state index in [4.69, 9.17) is 5.73 Å². The first kappa shape index (κ1) is 14.9. The van der Waals surface area contributed by atoms with E-state index in [0.717, 1.165) is 5.56 Å². The number of rotatable bonds is 4. The lowest BCUT2D eigenvalue weighted by atomic mass is 10.0. The Balaban J connectivity index is 2.15. The average Bonchev–Trinajstić information content (AvgIpc) is 2.45. The number of aromatic hydroxyl groups is 1. The summed E-state index contributed by atoms with van der Waals surface area (Å²) in [5, 5.41) is 9.72. The predicted molar refractivity (Wildman–Crippen MR) is 86.4 cm³/mol. The van der Waals surface area contributed by atoms with Gasteiger partial charge in [-0.25, -0.2) is 0 Å². The molecule has 0 saturated heterocycles. The summed E-state index contributed by atoms with van der Waals surface area (Å²) in [6.45, 7) is 4.27. The maximum atomic E-state index is 12.0. The van der Waals surface area contributed by atoms with Gasteiger partial charge in [-0.2, -0.15) is 0 Å². The molecular formula is C18H19NO2. The van der Waals surface area contributed by atoms with E-state index in [1.165, 1.54) is 23.8 Å². The molecule has 0 aromatic heterocycles. The van der Waals surface area contributed by atoms with Crippen LogP contribution in [0.15, 0.2) is 48.5 Å². The van der Waals surface area contributed by atoms with Crippen LogP contribution in [0.5, 0.6) is 5.75 Å². The van der Waals surface area contributed by atoms with E-state index in [1.54, 1.807) is 12.1 Å². The second kappa shape index (κ2) is 6.27. The number of ketones is 1. The van der Waals surface area contributed by atoms with Crippen LogP contribution in [0.4, 0.5) is 5.69 Å². The second-order valence-corrected chi connectivity index (χ2v) is 5.30. The Morgan fingerprint density at radius 2 is 1.81 bits per heavy atom. The SMILES string of the molecule is CC(C)c1ccc(/C=C/C(=O)c2ccc(N)cc2O)cc1. The van der Waals surface area contributed by atoms with Gasteiger partial charge in [0.25, 0.3) is 0 Å². The highest BCUT2D eigenvalue weighted by Gasteiger charge is 2.08. The zero-order valence-electron chi connectivity index (χ0n) is 12.2. The summed E-state index contributed by atoms with van der Waals surface area (Å²) in [7, 11) is 0. The van der Waals surface area contributed by atoms with E-state index in [1.807, 2.05) is 12.1 Å². The van der Waals surface area contributed by atoms with Gasteiger partial charge in [0.05, 0.1) is 5.56 Å². The fourth-order valence-electron chi connectivity index (χ4n) is 2.01. The van der Waals surface area contributed by atoms with Crippen molar-refractivity contribution in [3.8, 4) is 5.75 Å². The molecule has 0 amide bonds. The van der Waals surface area contributed by atoms with E-state index < -0.39 is 0 Å². The predicted octanol–water partition coefficient (Wildman–Crippen LogP) is 3.99. The number of carbonyl (C=O) groups is 1. The third-order valence-corrected chi connectivity index (χ3v) is 3.32. The summed E-state index contributed by atoms with van der Waals surface area (Å²) in [6, 6.07) is 12.5. The number of benzene rings is 2. The normalized spacial score (nSPS) is 11.2. The first-order valence-electron chi connectivity index (χ1n) is 6.88. The largest absolute Gasteiger partial charge is 0.507 e. The van der Waals surface area contributed by atoms with Crippen LogP contribution in [0.2, 0.25) is 0 Å². The Kier molecular flexibility index (Phi) is 4.43. The molecule has 2 aromatic carbocycles. The Morgan fingerprint density at radius 3 is 2.38 bits per heavy atom. The highest BCUT2D eigenvalue weighted by atomic mass is 16.3. The minimum absolute atomic E-state index is 0.0974. The number of phenolic OH excluding ortho intramolecular Hbond substituents is 1. The third-order valence-electron chi connectivity index (χ3n) is 3.32. The highest BCUT2D eigenvalue weighted by molar-refractivity contribution is 6.08. The average molecular weight is 281 g/mol. The Labute approximate surface area is 124 Å². The maximum Gasteiger partial charge on any atom is 0.189 e. The van der Waals surface area contributed by atoms with Gasteiger partial charge < -0.3 is 10.8 Å². The van der Waals surface area contributed by atoms with E-state index in [9.17, 15) is 9.90 Å². The van der Waals surface area contributed by atoms with Gasteiger partial charge in [0.1, 0.15) is 5.75 Å². The fraction of sp³-hybridized carbons (Fsp3) is 0.167. The zero-order chi connectivity index (χ0) is 15.4. The number of hydrogen-bond acceptors (Lipinski definition) is 3. The van der Waals surface area contributed by atoms with Gasteiger partial charge >= 0.3 is 0 Å². The van der Waals surface area contributed by atoms with Gasteiger partial charge in [0.15, 0.2) is 5.78 Å². The van der Waals surface area contributed by atoms with E-state index in [0.29, 0.717) is 11.6 Å². The first-order chi connectivity index (χ1) is 9.97. The summed E-state index contributed by atoms with van der Waals surface area (Å²) < 4.78 is 0. The van der Waals surface area contributed by atoms with Crippen LogP contribution < -0.4 is 5.73 Å². The van der Waals surface area contributed by atoms with Gasteiger partial charge in [-0.15, -0.1) is 0 Å². The van der Waals surface area contributed by atoms with Crippen LogP contribution in [0, 0.1) is 0 Å². The van der Waals surface area contributed by atoms with Crippen molar-refractivity contribution in [1.29, 1.82) is 0 Å². The van der Waals surface area contributed by atoms with Gasteiger partial charge in [0, 0.05) is 11.8 Å². The maximum absolute atomic E-state index is 12.0. The van der Waals surface area contributed by atoms with Crippen molar-refractivity contribution in [1.82, 2.24) is 0 Å². The van der Waals surface area contributed by atoms with Crippen molar-refractivity contribution in [2.75, 3.05) is 5.73 Å². The molecule has 108 valence electrons. The number of nitrogens with two attached hydrogens (primary N) is 1. The molecule has 0 aliphatic rings. The molecule has 3 N–H and O–H groups in total. The number of hydrogen-bond donors (Lipinski definition) is 2. The fourth-order valence-corrected chi connectivity index (χ4v) is 2.01. The molecule has 0 radical (unpaired) electrons. The summed E-state index contributed by atoms with van der Waals surface area (Å²) in [5.41, 5.74) is 8.43. The van der Waals surface area contributed by atoms with Crippen LogP contribution >= 0.6 is 0 Å². The summed E-state index contributed by atoms with van der Waals surface area (Å²) in [5.74, 6) is 0.136. The molecule has 0 bridgehead atoms. The lowest BCUT2D eigenvalue weighted by molar-refractivity contribution is 0.104. The van der Waals surface area contributed by atoms with Crippen LogP contribution in [0.25, 0.3) is 6.08 Å². The van der Waals surface area contributed by atoms with Gasteiger partial charge in [-0.3, -0.25) is 4.79 Å². The number of anilines is 1. The van der Waals surface area contributed by atoms with Crippen molar-refractivity contribution in [2.45, 2.75) is 19.8 Å². The van der Waals surface area contributed by atoms with Gasteiger partial charge in [-0.05, 0) is 35.3 Å². The molecule has 2 rings (SSSR count). The minimum Gasteiger partial charge on any atom is -0.507 e. The van der Waals surface area contributed by atoms with Crippen molar-refractivity contribution in [3.05, 3.63) is 65.2 Å². The van der Waals surface area contributed by atoms with Crippen LogP contribution in [-0.2, 0) is 0 Å². The minimum atomic E-state index is -0.250. The number of allylic oxidation sites excluding steroid dienone is 1. The summed E-state index contributed by atoms with van der Waals surface area (Å²) in [4.78, 5) is 12.0. The molecule has 0 fully saturated rings. The van der Waals surface area contributed by atoms with Crippen molar-refractivity contribution in [3.63, 3.8) is 0 Å². The summed E-state index contributed by atoms with van der Waals surface area (Å²) in [6.07, 6.45) is 3.19. The number of carbonyl (C=O) groups excluding carboxylic acids is 1. The number of phenols is 1. The van der Waals surface area contributed by atoms with Crippen LogP contribution in [0.3, 0.4) is 0 Å². The molecule has 0 saturated carbocycles. The van der Waals surface area contributed by atoms with Gasteiger partial charge in [-0.1, -0.05) is 44.2 Å². The topological polar surface area (TPSA) is 63.3 Å².